The minimum absolute atomic E-state index is 0.0321. The largest absolute Gasteiger partial charge is 0.395 e. The number of hydrogen-bond donors (Lipinski definition) is 2. The van der Waals surface area contributed by atoms with Gasteiger partial charge in [0.05, 0.1) is 12.6 Å². The zero-order valence-corrected chi connectivity index (χ0v) is 12.4. The Balaban J connectivity index is 1.87. The average molecular weight is 291 g/mol. The van der Waals surface area contributed by atoms with Crippen LogP contribution in [-0.2, 0) is 11.2 Å². The molecule has 3 N–H and O–H groups in total. The van der Waals surface area contributed by atoms with Crippen molar-refractivity contribution in [3.05, 3.63) is 35.9 Å². The average Bonchev–Trinajstić information content (AvgIpc) is 2.73. The fourth-order valence-corrected chi connectivity index (χ4v) is 2.75. The number of β-amino-alcohol motifs (C(OH)–C–C–N with tert-alkyl or cyclic N) is 1. The maximum absolute atomic E-state index is 12.5. The van der Waals surface area contributed by atoms with Crippen molar-refractivity contribution < 1.29 is 9.90 Å². The number of nitrogens with zero attached hydrogens (tertiary/aromatic N) is 2. The van der Waals surface area contributed by atoms with Crippen LogP contribution in [0.15, 0.2) is 30.3 Å². The maximum Gasteiger partial charge on any atom is 0.239 e. The van der Waals surface area contributed by atoms with Gasteiger partial charge in [0.15, 0.2) is 0 Å². The third-order valence-electron chi connectivity index (χ3n) is 3.93. The first-order valence-corrected chi connectivity index (χ1v) is 7.62. The first kappa shape index (κ1) is 15.9. The molecule has 0 spiro atoms. The van der Waals surface area contributed by atoms with E-state index < -0.39 is 6.04 Å². The Labute approximate surface area is 126 Å². The number of benzene rings is 1. The van der Waals surface area contributed by atoms with E-state index in [1.165, 1.54) is 0 Å². The van der Waals surface area contributed by atoms with E-state index in [2.05, 4.69) is 4.90 Å². The summed E-state index contributed by atoms with van der Waals surface area (Å²) in [5.74, 6) is 0.0321. The summed E-state index contributed by atoms with van der Waals surface area (Å²) in [6, 6.07) is 9.41. The first-order valence-electron chi connectivity index (χ1n) is 7.62. The van der Waals surface area contributed by atoms with Crippen molar-refractivity contribution in [2.45, 2.75) is 18.9 Å². The molecule has 0 radical (unpaired) electrons. The van der Waals surface area contributed by atoms with Crippen molar-refractivity contribution in [3.8, 4) is 0 Å². The van der Waals surface area contributed by atoms with Gasteiger partial charge >= 0.3 is 0 Å². The highest BCUT2D eigenvalue weighted by Crippen LogP contribution is 2.08. The monoisotopic (exact) mass is 291 g/mol. The van der Waals surface area contributed by atoms with E-state index in [1.54, 1.807) is 0 Å². The van der Waals surface area contributed by atoms with Crippen LogP contribution in [0.2, 0.25) is 0 Å². The molecule has 1 aromatic rings. The van der Waals surface area contributed by atoms with Gasteiger partial charge in [-0.25, -0.2) is 0 Å². The molecule has 1 heterocycles. The summed E-state index contributed by atoms with van der Waals surface area (Å²) in [5.41, 5.74) is 7.17. The molecular formula is C16H25N3O2. The summed E-state index contributed by atoms with van der Waals surface area (Å²) in [4.78, 5) is 16.5. The Morgan fingerprint density at radius 1 is 1.19 bits per heavy atom. The van der Waals surface area contributed by atoms with E-state index in [9.17, 15) is 4.79 Å². The van der Waals surface area contributed by atoms with Gasteiger partial charge in [-0.05, 0) is 24.9 Å². The number of nitrogens with two attached hydrogens (primary N) is 1. The van der Waals surface area contributed by atoms with Crippen molar-refractivity contribution in [1.82, 2.24) is 9.80 Å². The van der Waals surface area contributed by atoms with Crippen LogP contribution < -0.4 is 5.73 Å². The van der Waals surface area contributed by atoms with Gasteiger partial charge in [0.2, 0.25) is 5.91 Å². The number of aliphatic hydroxyl groups is 1. The lowest BCUT2D eigenvalue weighted by atomic mass is 10.1. The van der Waals surface area contributed by atoms with Crippen molar-refractivity contribution in [1.29, 1.82) is 0 Å². The predicted molar refractivity (Wildman–Crippen MR) is 82.8 cm³/mol. The summed E-state index contributed by atoms with van der Waals surface area (Å²) >= 11 is 0. The van der Waals surface area contributed by atoms with Gasteiger partial charge in [0.25, 0.3) is 0 Å². The highest BCUT2D eigenvalue weighted by atomic mass is 16.3. The highest BCUT2D eigenvalue weighted by Gasteiger charge is 2.23. The fourth-order valence-electron chi connectivity index (χ4n) is 2.75. The van der Waals surface area contributed by atoms with Gasteiger partial charge in [0.1, 0.15) is 0 Å². The second-order valence-corrected chi connectivity index (χ2v) is 5.54. The van der Waals surface area contributed by atoms with Crippen LogP contribution in [0.5, 0.6) is 0 Å². The molecule has 0 aromatic heterocycles. The van der Waals surface area contributed by atoms with Gasteiger partial charge in [-0.15, -0.1) is 0 Å². The SMILES string of the molecule is NC(Cc1ccccc1)C(=O)N1CCCN(CCO)CC1. The minimum atomic E-state index is -0.475. The Hall–Kier alpha value is -1.43. The molecule has 5 nitrogen and oxygen atoms in total. The zero-order chi connectivity index (χ0) is 15.1. The first-order chi connectivity index (χ1) is 10.2. The fraction of sp³-hybridized carbons (Fsp3) is 0.562. The smallest absolute Gasteiger partial charge is 0.239 e. The van der Waals surface area contributed by atoms with Crippen molar-refractivity contribution in [2.24, 2.45) is 5.73 Å². The van der Waals surface area contributed by atoms with E-state index in [0.717, 1.165) is 31.6 Å². The Morgan fingerprint density at radius 3 is 2.67 bits per heavy atom. The van der Waals surface area contributed by atoms with Crippen LogP contribution in [0.4, 0.5) is 0 Å². The molecule has 1 saturated heterocycles. The molecule has 1 amide bonds. The predicted octanol–water partition coefficient (Wildman–Crippen LogP) is 0.0830. The summed E-state index contributed by atoms with van der Waals surface area (Å²) in [7, 11) is 0. The molecular weight excluding hydrogens is 266 g/mol. The molecule has 5 heteroatoms. The molecule has 21 heavy (non-hydrogen) atoms. The normalized spacial score (nSPS) is 18.3. The van der Waals surface area contributed by atoms with Crippen molar-refractivity contribution in [2.75, 3.05) is 39.3 Å². The van der Waals surface area contributed by atoms with Crippen LogP contribution in [-0.4, -0.2) is 66.2 Å². The third-order valence-corrected chi connectivity index (χ3v) is 3.93. The molecule has 1 aliphatic heterocycles. The lowest BCUT2D eigenvalue weighted by Gasteiger charge is -2.24. The summed E-state index contributed by atoms with van der Waals surface area (Å²) < 4.78 is 0. The van der Waals surface area contributed by atoms with E-state index in [0.29, 0.717) is 19.5 Å². The molecule has 116 valence electrons. The summed E-state index contributed by atoms with van der Waals surface area (Å²) in [5, 5.41) is 9.00. The molecule has 1 fully saturated rings. The van der Waals surface area contributed by atoms with E-state index in [1.807, 2.05) is 35.2 Å². The third kappa shape index (κ3) is 4.81. The molecule has 1 atom stereocenters. The van der Waals surface area contributed by atoms with Crippen LogP contribution in [0.3, 0.4) is 0 Å². The van der Waals surface area contributed by atoms with E-state index in [4.69, 9.17) is 10.8 Å². The highest BCUT2D eigenvalue weighted by molar-refractivity contribution is 5.82. The second-order valence-electron chi connectivity index (χ2n) is 5.54. The molecule has 1 aliphatic rings. The zero-order valence-electron chi connectivity index (χ0n) is 12.4. The van der Waals surface area contributed by atoms with Crippen molar-refractivity contribution >= 4 is 5.91 Å². The van der Waals surface area contributed by atoms with Gasteiger partial charge < -0.3 is 15.7 Å². The molecule has 2 rings (SSSR count). The molecule has 1 aromatic carbocycles. The van der Waals surface area contributed by atoms with Crippen LogP contribution in [0, 0.1) is 0 Å². The number of carbonyl (C=O) groups is 1. The Kier molecular flexibility index (Phi) is 6.17. The maximum atomic E-state index is 12.5. The van der Waals surface area contributed by atoms with E-state index in [-0.39, 0.29) is 12.5 Å². The van der Waals surface area contributed by atoms with Gasteiger partial charge in [-0.1, -0.05) is 30.3 Å². The number of rotatable bonds is 5. The second kappa shape index (κ2) is 8.12. The quantitative estimate of drug-likeness (QED) is 0.806. The summed E-state index contributed by atoms with van der Waals surface area (Å²) in [6.07, 6.45) is 1.51. The molecule has 0 saturated carbocycles. The summed E-state index contributed by atoms with van der Waals surface area (Å²) in [6.45, 7) is 4.03. The topological polar surface area (TPSA) is 69.8 Å². The van der Waals surface area contributed by atoms with Crippen LogP contribution in [0.1, 0.15) is 12.0 Å². The van der Waals surface area contributed by atoms with Crippen molar-refractivity contribution in [3.63, 3.8) is 0 Å². The molecule has 0 aliphatic carbocycles. The van der Waals surface area contributed by atoms with Crippen LogP contribution in [0.25, 0.3) is 0 Å². The lowest BCUT2D eigenvalue weighted by Crippen LogP contribution is -2.46. The molecule has 0 bridgehead atoms. The lowest BCUT2D eigenvalue weighted by molar-refractivity contribution is -0.132. The van der Waals surface area contributed by atoms with Gasteiger partial charge in [-0.3, -0.25) is 9.69 Å². The van der Waals surface area contributed by atoms with Gasteiger partial charge in [-0.2, -0.15) is 0 Å². The standard InChI is InChI=1S/C16H25N3O2/c17-15(13-14-5-2-1-3-6-14)16(21)19-8-4-7-18(9-10-19)11-12-20/h1-3,5-6,15,20H,4,7-13,17H2. The minimum Gasteiger partial charge on any atom is -0.395 e. The number of hydrogen-bond acceptors (Lipinski definition) is 4. The number of amides is 1. The number of carbonyl (C=O) groups excluding carboxylic acids is 1. The molecule has 1 unspecified atom stereocenters. The Morgan fingerprint density at radius 2 is 1.95 bits per heavy atom. The Bertz CT molecular complexity index is 438. The van der Waals surface area contributed by atoms with Gasteiger partial charge in [0, 0.05) is 26.2 Å². The number of aliphatic hydroxyl groups excluding tert-OH is 1. The van der Waals surface area contributed by atoms with Crippen LogP contribution >= 0.6 is 0 Å². The van der Waals surface area contributed by atoms with E-state index >= 15 is 0 Å².